The van der Waals surface area contributed by atoms with Crippen LogP contribution in [-0.2, 0) is 6.54 Å². The molecule has 0 unspecified atom stereocenters. The van der Waals surface area contributed by atoms with Gasteiger partial charge in [0.2, 0.25) is 0 Å². The minimum Gasteiger partial charge on any atom is -0.395 e. The van der Waals surface area contributed by atoms with Gasteiger partial charge in [0.1, 0.15) is 11.6 Å². The summed E-state index contributed by atoms with van der Waals surface area (Å²) in [5.74, 6) is 1.56. The maximum atomic E-state index is 8.90. The van der Waals surface area contributed by atoms with Crippen LogP contribution in [0.25, 0.3) is 10.9 Å². The second kappa shape index (κ2) is 5.75. The molecule has 1 heterocycles. The number of aliphatic hydroxyl groups is 1. The molecule has 0 aliphatic rings. The quantitative estimate of drug-likeness (QED) is 0.827. The largest absolute Gasteiger partial charge is 0.395 e. The van der Waals surface area contributed by atoms with E-state index in [9.17, 15) is 0 Å². The first-order valence-corrected chi connectivity index (χ1v) is 5.96. The third-order valence-electron chi connectivity index (χ3n) is 2.51. The van der Waals surface area contributed by atoms with Crippen molar-refractivity contribution in [2.24, 2.45) is 0 Å². The van der Waals surface area contributed by atoms with Crippen LogP contribution < -0.4 is 5.32 Å². The van der Waals surface area contributed by atoms with E-state index in [4.69, 9.17) is 5.11 Å². The van der Waals surface area contributed by atoms with Gasteiger partial charge in [-0.1, -0.05) is 12.1 Å². The molecule has 0 saturated heterocycles. The highest BCUT2D eigenvalue weighted by atomic mass is 16.3. The van der Waals surface area contributed by atoms with Crippen molar-refractivity contribution in [1.29, 1.82) is 0 Å². The van der Waals surface area contributed by atoms with E-state index in [2.05, 4.69) is 15.3 Å². The first-order valence-electron chi connectivity index (χ1n) is 5.96. The molecule has 2 rings (SSSR count). The number of aliphatic hydroxyl groups excluding tert-OH is 1. The second-order valence-electron chi connectivity index (χ2n) is 4.39. The third kappa shape index (κ3) is 2.94. The van der Waals surface area contributed by atoms with Crippen LogP contribution in [0.4, 0.5) is 5.82 Å². The Labute approximate surface area is 106 Å². The van der Waals surface area contributed by atoms with Crippen LogP contribution in [0.1, 0.15) is 5.82 Å². The zero-order valence-electron chi connectivity index (χ0n) is 10.7. The zero-order chi connectivity index (χ0) is 13.0. The number of rotatable bonds is 5. The summed E-state index contributed by atoms with van der Waals surface area (Å²) in [5, 5.41) is 13.0. The Morgan fingerprint density at radius 2 is 2.00 bits per heavy atom. The molecule has 96 valence electrons. The first kappa shape index (κ1) is 12.7. The molecule has 0 aliphatic heterocycles. The minimum atomic E-state index is 0.0847. The van der Waals surface area contributed by atoms with E-state index in [-0.39, 0.29) is 6.61 Å². The summed E-state index contributed by atoms with van der Waals surface area (Å²) in [6, 6.07) is 7.88. The van der Waals surface area contributed by atoms with Crippen LogP contribution in [0.15, 0.2) is 24.3 Å². The molecule has 0 atom stereocenters. The standard InChI is InChI=1S/C13H18N4O/c1-17(2)9-12-15-11-6-4-3-5-10(11)13(16-12)14-7-8-18/h3-6,18H,7-9H2,1-2H3,(H,14,15,16). The van der Waals surface area contributed by atoms with Gasteiger partial charge in [0.15, 0.2) is 0 Å². The van der Waals surface area contributed by atoms with Crippen LogP contribution >= 0.6 is 0 Å². The van der Waals surface area contributed by atoms with Gasteiger partial charge >= 0.3 is 0 Å². The zero-order valence-corrected chi connectivity index (χ0v) is 10.7. The number of aromatic nitrogens is 2. The van der Waals surface area contributed by atoms with E-state index in [1.807, 2.05) is 43.3 Å². The van der Waals surface area contributed by atoms with Gasteiger partial charge in [0.25, 0.3) is 0 Å². The average molecular weight is 246 g/mol. The van der Waals surface area contributed by atoms with Crippen molar-refractivity contribution in [3.63, 3.8) is 0 Å². The van der Waals surface area contributed by atoms with E-state index >= 15 is 0 Å². The fraction of sp³-hybridized carbons (Fsp3) is 0.385. The smallest absolute Gasteiger partial charge is 0.145 e. The number of hydrogen-bond donors (Lipinski definition) is 2. The van der Waals surface area contributed by atoms with Crippen molar-refractivity contribution in [3.05, 3.63) is 30.1 Å². The number of nitrogens with zero attached hydrogens (tertiary/aromatic N) is 3. The van der Waals surface area contributed by atoms with Gasteiger partial charge in [0.05, 0.1) is 18.7 Å². The molecule has 18 heavy (non-hydrogen) atoms. The van der Waals surface area contributed by atoms with Crippen LogP contribution in [0.3, 0.4) is 0 Å². The summed E-state index contributed by atoms with van der Waals surface area (Å²) in [4.78, 5) is 11.1. The molecule has 2 aromatic rings. The third-order valence-corrected chi connectivity index (χ3v) is 2.51. The minimum absolute atomic E-state index is 0.0847. The number of hydrogen-bond acceptors (Lipinski definition) is 5. The van der Waals surface area contributed by atoms with E-state index < -0.39 is 0 Å². The number of anilines is 1. The molecule has 0 spiro atoms. The van der Waals surface area contributed by atoms with E-state index in [1.165, 1.54) is 0 Å². The van der Waals surface area contributed by atoms with Gasteiger partial charge in [-0.3, -0.25) is 0 Å². The molecule has 0 radical (unpaired) electrons. The SMILES string of the molecule is CN(C)Cc1nc(NCCO)c2ccccc2n1. The molecule has 0 fully saturated rings. The number of fused-ring (bicyclic) bond motifs is 1. The van der Waals surface area contributed by atoms with E-state index in [0.29, 0.717) is 13.1 Å². The molecular weight excluding hydrogens is 228 g/mol. The van der Waals surface area contributed by atoms with Crippen molar-refractivity contribution >= 4 is 16.7 Å². The molecule has 1 aromatic carbocycles. The summed E-state index contributed by atoms with van der Waals surface area (Å²) < 4.78 is 0. The molecule has 0 bridgehead atoms. The number of benzene rings is 1. The highest BCUT2D eigenvalue weighted by molar-refractivity contribution is 5.88. The first-order chi connectivity index (χ1) is 8.70. The lowest BCUT2D eigenvalue weighted by Crippen LogP contribution is -2.15. The Kier molecular flexibility index (Phi) is 4.07. The number of para-hydroxylation sites is 1. The molecular formula is C13H18N4O. The van der Waals surface area contributed by atoms with Gasteiger partial charge in [-0.05, 0) is 26.2 Å². The maximum Gasteiger partial charge on any atom is 0.145 e. The van der Waals surface area contributed by atoms with Gasteiger partial charge in [0, 0.05) is 11.9 Å². The predicted octanol–water partition coefficient (Wildman–Crippen LogP) is 1.10. The maximum absolute atomic E-state index is 8.90. The summed E-state index contributed by atoms with van der Waals surface area (Å²) in [7, 11) is 3.97. The fourth-order valence-electron chi connectivity index (χ4n) is 1.79. The van der Waals surface area contributed by atoms with Crippen molar-refractivity contribution < 1.29 is 5.11 Å². The Hall–Kier alpha value is -1.72. The Morgan fingerprint density at radius 1 is 1.22 bits per heavy atom. The molecule has 5 heteroatoms. The Bertz CT molecular complexity index is 527. The predicted molar refractivity (Wildman–Crippen MR) is 72.5 cm³/mol. The van der Waals surface area contributed by atoms with Crippen LogP contribution in [0.2, 0.25) is 0 Å². The molecule has 0 aliphatic carbocycles. The Balaban J connectivity index is 2.43. The van der Waals surface area contributed by atoms with Gasteiger partial charge in [-0.15, -0.1) is 0 Å². The fourth-order valence-corrected chi connectivity index (χ4v) is 1.79. The Morgan fingerprint density at radius 3 is 2.72 bits per heavy atom. The summed E-state index contributed by atoms with van der Waals surface area (Å²) >= 11 is 0. The highest BCUT2D eigenvalue weighted by Gasteiger charge is 2.07. The molecule has 0 saturated carbocycles. The van der Waals surface area contributed by atoms with Crippen LogP contribution in [-0.4, -0.2) is 47.2 Å². The highest BCUT2D eigenvalue weighted by Crippen LogP contribution is 2.20. The normalized spacial score (nSPS) is 11.1. The van der Waals surface area contributed by atoms with E-state index in [0.717, 1.165) is 22.5 Å². The van der Waals surface area contributed by atoms with Crippen molar-refractivity contribution in [2.45, 2.75) is 6.54 Å². The molecule has 0 amide bonds. The van der Waals surface area contributed by atoms with Gasteiger partial charge in [-0.2, -0.15) is 0 Å². The molecule has 2 N–H and O–H groups in total. The average Bonchev–Trinajstić information content (AvgIpc) is 2.35. The molecule has 5 nitrogen and oxygen atoms in total. The van der Waals surface area contributed by atoms with Crippen molar-refractivity contribution in [2.75, 3.05) is 32.6 Å². The lowest BCUT2D eigenvalue weighted by atomic mass is 10.2. The summed E-state index contributed by atoms with van der Waals surface area (Å²) in [6.45, 7) is 1.27. The van der Waals surface area contributed by atoms with Crippen LogP contribution in [0.5, 0.6) is 0 Å². The van der Waals surface area contributed by atoms with E-state index in [1.54, 1.807) is 0 Å². The lowest BCUT2D eigenvalue weighted by molar-refractivity contribution is 0.311. The number of nitrogens with one attached hydrogen (secondary N) is 1. The molecule has 1 aromatic heterocycles. The van der Waals surface area contributed by atoms with Gasteiger partial charge < -0.3 is 15.3 Å². The van der Waals surface area contributed by atoms with Crippen molar-refractivity contribution in [1.82, 2.24) is 14.9 Å². The summed E-state index contributed by atoms with van der Waals surface area (Å²) in [5.41, 5.74) is 0.921. The van der Waals surface area contributed by atoms with Crippen LogP contribution in [0, 0.1) is 0 Å². The summed E-state index contributed by atoms with van der Waals surface area (Å²) in [6.07, 6.45) is 0. The van der Waals surface area contributed by atoms with Gasteiger partial charge in [-0.25, -0.2) is 9.97 Å². The monoisotopic (exact) mass is 246 g/mol. The second-order valence-corrected chi connectivity index (χ2v) is 4.39. The lowest BCUT2D eigenvalue weighted by Gasteiger charge is -2.12. The topological polar surface area (TPSA) is 61.3 Å². The van der Waals surface area contributed by atoms with Crippen molar-refractivity contribution in [3.8, 4) is 0 Å².